The fourth-order valence-electron chi connectivity index (χ4n) is 2.23. The van der Waals surface area contributed by atoms with Crippen LogP contribution < -0.4 is 17.3 Å². The van der Waals surface area contributed by atoms with E-state index in [4.69, 9.17) is 17.3 Å². The second-order valence-electron chi connectivity index (χ2n) is 4.19. The quantitative estimate of drug-likeness (QED) is 0.445. The van der Waals surface area contributed by atoms with Crippen LogP contribution in [0.1, 0.15) is 43.8 Å². The molecule has 0 saturated heterocycles. The van der Waals surface area contributed by atoms with Gasteiger partial charge in [-0.05, 0) is 12.8 Å². The van der Waals surface area contributed by atoms with Crippen LogP contribution in [-0.4, -0.2) is 20.9 Å². The molecule has 6 nitrogen and oxygen atoms in total. The third kappa shape index (κ3) is 1.90. The highest BCUT2D eigenvalue weighted by Crippen LogP contribution is 2.29. The van der Waals surface area contributed by atoms with Crippen molar-refractivity contribution in [2.75, 3.05) is 11.6 Å². The summed E-state index contributed by atoms with van der Waals surface area (Å²) in [5.41, 5.74) is 11.7. The van der Waals surface area contributed by atoms with Gasteiger partial charge in [-0.15, -0.1) is 10.2 Å². The Hall–Kier alpha value is -1.30. The highest BCUT2D eigenvalue weighted by atomic mass is 15.4. The van der Waals surface area contributed by atoms with Crippen molar-refractivity contribution >= 4 is 5.95 Å². The van der Waals surface area contributed by atoms with Crippen LogP contribution in [0.3, 0.4) is 0 Å². The van der Waals surface area contributed by atoms with E-state index < -0.39 is 0 Å². The van der Waals surface area contributed by atoms with Gasteiger partial charge in [0.05, 0.1) is 0 Å². The van der Waals surface area contributed by atoms with Gasteiger partial charge < -0.3 is 17.3 Å². The van der Waals surface area contributed by atoms with Gasteiger partial charge in [0.25, 0.3) is 0 Å². The first kappa shape index (κ1) is 10.2. The van der Waals surface area contributed by atoms with Crippen LogP contribution in [0.2, 0.25) is 0 Å². The summed E-state index contributed by atoms with van der Waals surface area (Å²) < 4.78 is 1.36. The molecule has 15 heavy (non-hydrogen) atoms. The zero-order valence-electron chi connectivity index (χ0n) is 8.76. The second kappa shape index (κ2) is 4.06. The molecular weight excluding hydrogens is 192 g/mol. The Kier molecular flexibility index (Phi) is 2.77. The summed E-state index contributed by atoms with van der Waals surface area (Å²) in [4.78, 5) is 0. The molecule has 0 radical (unpaired) electrons. The van der Waals surface area contributed by atoms with E-state index in [1.807, 2.05) is 0 Å². The van der Waals surface area contributed by atoms with Gasteiger partial charge in [0, 0.05) is 12.0 Å². The lowest BCUT2D eigenvalue weighted by Gasteiger charge is -2.19. The monoisotopic (exact) mass is 210 g/mol. The first-order valence-electron chi connectivity index (χ1n) is 5.41. The Labute approximate surface area is 88.8 Å². The minimum absolute atomic E-state index is 0.124. The standard InChI is InChI=1S/C9H18N6/c10-7-5-3-1-2-4-6(7)8-13-14-9(11)15(8)12/h6-7H,1-5,10,12H2,(H2,11,14). The Balaban J connectivity index is 2.24. The van der Waals surface area contributed by atoms with Gasteiger partial charge in [-0.2, -0.15) is 0 Å². The number of nitrogens with zero attached hydrogens (tertiary/aromatic N) is 3. The Morgan fingerprint density at radius 2 is 1.87 bits per heavy atom. The van der Waals surface area contributed by atoms with Crippen LogP contribution in [0, 0.1) is 0 Å². The van der Waals surface area contributed by atoms with Crippen LogP contribution in [0.4, 0.5) is 5.95 Å². The fraction of sp³-hybridized carbons (Fsp3) is 0.778. The summed E-state index contributed by atoms with van der Waals surface area (Å²) in [7, 11) is 0. The minimum atomic E-state index is 0.124. The third-order valence-electron chi connectivity index (χ3n) is 3.15. The van der Waals surface area contributed by atoms with Gasteiger partial charge in [-0.25, -0.2) is 4.68 Å². The first-order valence-corrected chi connectivity index (χ1v) is 5.41. The number of hydrogen-bond acceptors (Lipinski definition) is 5. The molecule has 6 heteroatoms. The summed E-state index contributed by atoms with van der Waals surface area (Å²) in [6.45, 7) is 0. The molecule has 1 fully saturated rings. The normalized spacial score (nSPS) is 27.5. The smallest absolute Gasteiger partial charge is 0.240 e. The average Bonchev–Trinajstić information content (AvgIpc) is 2.43. The average molecular weight is 210 g/mol. The van der Waals surface area contributed by atoms with Crippen LogP contribution in [0.15, 0.2) is 0 Å². The fourth-order valence-corrected chi connectivity index (χ4v) is 2.23. The van der Waals surface area contributed by atoms with E-state index in [1.54, 1.807) is 0 Å². The highest BCUT2D eigenvalue weighted by Gasteiger charge is 2.26. The molecule has 0 aromatic carbocycles. The van der Waals surface area contributed by atoms with E-state index in [2.05, 4.69) is 10.2 Å². The molecule has 0 bridgehead atoms. The van der Waals surface area contributed by atoms with Crippen LogP contribution in [0.25, 0.3) is 0 Å². The zero-order valence-corrected chi connectivity index (χ0v) is 8.76. The molecule has 1 aromatic rings. The lowest BCUT2D eigenvalue weighted by molar-refractivity contribution is 0.475. The summed E-state index contributed by atoms with van der Waals surface area (Å²) in [5, 5.41) is 7.78. The van der Waals surface area contributed by atoms with E-state index in [-0.39, 0.29) is 17.9 Å². The number of rotatable bonds is 1. The molecule has 1 aliphatic carbocycles. The molecule has 0 aliphatic heterocycles. The van der Waals surface area contributed by atoms with Crippen molar-refractivity contribution in [3.8, 4) is 0 Å². The van der Waals surface area contributed by atoms with Crippen molar-refractivity contribution in [3.05, 3.63) is 5.82 Å². The van der Waals surface area contributed by atoms with E-state index in [0.29, 0.717) is 0 Å². The molecule has 2 atom stereocenters. The lowest BCUT2D eigenvalue weighted by Crippen LogP contribution is -2.31. The van der Waals surface area contributed by atoms with E-state index in [0.717, 1.165) is 18.7 Å². The molecule has 0 amide bonds. The van der Waals surface area contributed by atoms with Gasteiger partial charge in [0.1, 0.15) is 0 Å². The molecule has 2 rings (SSSR count). The molecule has 1 heterocycles. The number of anilines is 1. The van der Waals surface area contributed by atoms with E-state index in [1.165, 1.54) is 23.9 Å². The maximum Gasteiger partial charge on any atom is 0.240 e. The maximum absolute atomic E-state index is 6.11. The summed E-state index contributed by atoms with van der Waals surface area (Å²) in [6.07, 6.45) is 5.64. The number of nitrogen functional groups attached to an aromatic ring is 2. The van der Waals surface area contributed by atoms with Crippen LogP contribution >= 0.6 is 0 Å². The van der Waals surface area contributed by atoms with Crippen LogP contribution in [0.5, 0.6) is 0 Å². The van der Waals surface area contributed by atoms with E-state index in [9.17, 15) is 0 Å². The second-order valence-corrected chi connectivity index (χ2v) is 4.19. The third-order valence-corrected chi connectivity index (χ3v) is 3.15. The number of hydrogen-bond donors (Lipinski definition) is 3. The molecule has 6 N–H and O–H groups in total. The van der Waals surface area contributed by atoms with Crippen molar-refractivity contribution in [2.24, 2.45) is 5.73 Å². The largest absolute Gasteiger partial charge is 0.366 e. The van der Waals surface area contributed by atoms with Crippen molar-refractivity contribution in [1.82, 2.24) is 14.9 Å². The summed E-state index contributed by atoms with van der Waals surface area (Å²) >= 11 is 0. The summed E-state index contributed by atoms with van der Waals surface area (Å²) in [6, 6.07) is 0.124. The van der Waals surface area contributed by atoms with E-state index >= 15 is 0 Å². The molecule has 1 aliphatic rings. The first-order chi connectivity index (χ1) is 7.20. The lowest BCUT2D eigenvalue weighted by atomic mass is 9.95. The topological polar surface area (TPSA) is 109 Å². The minimum Gasteiger partial charge on any atom is -0.366 e. The van der Waals surface area contributed by atoms with Crippen molar-refractivity contribution in [1.29, 1.82) is 0 Å². The van der Waals surface area contributed by atoms with Gasteiger partial charge in [-0.3, -0.25) is 0 Å². The van der Waals surface area contributed by atoms with Gasteiger partial charge >= 0.3 is 0 Å². The Morgan fingerprint density at radius 1 is 1.13 bits per heavy atom. The number of aromatic nitrogens is 3. The predicted octanol–water partition coefficient (Wildman–Crippen LogP) is -0.0509. The Bertz CT molecular complexity index is 333. The molecular formula is C9H18N6. The Morgan fingerprint density at radius 3 is 2.53 bits per heavy atom. The predicted molar refractivity (Wildman–Crippen MR) is 58.4 cm³/mol. The molecule has 0 spiro atoms. The summed E-state index contributed by atoms with van der Waals surface area (Å²) in [5.74, 6) is 6.93. The van der Waals surface area contributed by atoms with Gasteiger partial charge in [0.2, 0.25) is 5.95 Å². The van der Waals surface area contributed by atoms with Crippen molar-refractivity contribution in [2.45, 2.75) is 44.1 Å². The van der Waals surface area contributed by atoms with Crippen LogP contribution in [-0.2, 0) is 0 Å². The van der Waals surface area contributed by atoms with Gasteiger partial charge in [-0.1, -0.05) is 19.3 Å². The molecule has 1 saturated carbocycles. The highest BCUT2D eigenvalue weighted by molar-refractivity contribution is 5.20. The van der Waals surface area contributed by atoms with Gasteiger partial charge in [0.15, 0.2) is 5.82 Å². The zero-order chi connectivity index (χ0) is 10.8. The molecule has 2 unspecified atom stereocenters. The molecule has 84 valence electrons. The SMILES string of the molecule is Nc1nnc(C2CCCCCC2N)n1N. The van der Waals surface area contributed by atoms with Crippen molar-refractivity contribution < 1.29 is 0 Å². The number of nitrogens with two attached hydrogens (primary N) is 3. The molecule has 1 aromatic heterocycles. The maximum atomic E-state index is 6.11. The van der Waals surface area contributed by atoms with Crippen molar-refractivity contribution in [3.63, 3.8) is 0 Å².